The molecule has 5 rings (SSSR count). The number of para-hydroxylation sites is 1. The molecule has 1 atom stereocenters. The molecule has 2 heterocycles. The summed E-state index contributed by atoms with van der Waals surface area (Å²) in [6.45, 7) is 4.32. The zero-order chi connectivity index (χ0) is 23.7. The molecule has 34 heavy (non-hydrogen) atoms. The summed E-state index contributed by atoms with van der Waals surface area (Å²) in [6.07, 6.45) is 1.65. The molecule has 1 unspecified atom stereocenters. The number of amides is 1. The number of hydrogen-bond donors (Lipinski definition) is 0. The van der Waals surface area contributed by atoms with Crippen molar-refractivity contribution < 1.29 is 18.7 Å². The first-order valence-corrected chi connectivity index (χ1v) is 10.9. The van der Waals surface area contributed by atoms with Crippen molar-refractivity contribution in [1.82, 2.24) is 4.90 Å². The molecular formula is C28H23NO5. The van der Waals surface area contributed by atoms with Gasteiger partial charge >= 0.3 is 0 Å². The lowest BCUT2D eigenvalue weighted by molar-refractivity contribution is 0.0714. The van der Waals surface area contributed by atoms with E-state index in [1.165, 1.54) is 0 Å². The SMILES string of the molecule is C=CCOc1ccc(C2c3c(oc4ccccc4c3=O)C(=O)N2Cc2ccccc2)cc1OC. The van der Waals surface area contributed by atoms with Gasteiger partial charge in [0.2, 0.25) is 5.76 Å². The molecule has 0 radical (unpaired) electrons. The lowest BCUT2D eigenvalue weighted by Gasteiger charge is -2.26. The van der Waals surface area contributed by atoms with Crippen LogP contribution in [0, 0.1) is 0 Å². The molecule has 170 valence electrons. The topological polar surface area (TPSA) is 69.0 Å². The van der Waals surface area contributed by atoms with Crippen LogP contribution in [0.2, 0.25) is 0 Å². The highest BCUT2D eigenvalue weighted by molar-refractivity contribution is 5.99. The molecule has 0 fully saturated rings. The molecule has 1 amide bonds. The molecule has 6 nitrogen and oxygen atoms in total. The van der Waals surface area contributed by atoms with Crippen molar-refractivity contribution in [2.75, 3.05) is 13.7 Å². The molecule has 0 spiro atoms. The van der Waals surface area contributed by atoms with Gasteiger partial charge in [0.25, 0.3) is 5.91 Å². The van der Waals surface area contributed by atoms with E-state index in [-0.39, 0.29) is 17.1 Å². The number of fused-ring (bicyclic) bond motifs is 2. The average molecular weight is 453 g/mol. The smallest absolute Gasteiger partial charge is 0.291 e. The van der Waals surface area contributed by atoms with Gasteiger partial charge in [-0.05, 0) is 35.4 Å². The van der Waals surface area contributed by atoms with Crippen molar-refractivity contribution in [2.24, 2.45) is 0 Å². The first kappa shape index (κ1) is 21.5. The highest BCUT2D eigenvalue weighted by Gasteiger charge is 2.43. The summed E-state index contributed by atoms with van der Waals surface area (Å²) in [5.74, 6) is 0.814. The monoisotopic (exact) mass is 453 g/mol. The number of nitrogens with zero attached hydrogens (tertiary/aromatic N) is 1. The molecule has 3 aromatic carbocycles. The lowest BCUT2D eigenvalue weighted by Crippen LogP contribution is -2.29. The number of rotatable bonds is 7. The number of methoxy groups -OCH3 is 1. The van der Waals surface area contributed by atoms with Crippen LogP contribution in [0.4, 0.5) is 0 Å². The highest BCUT2D eigenvalue weighted by Crippen LogP contribution is 2.41. The largest absolute Gasteiger partial charge is 0.493 e. The molecule has 1 aliphatic heterocycles. The fraction of sp³-hybridized carbons (Fsp3) is 0.143. The zero-order valence-electron chi connectivity index (χ0n) is 18.7. The normalized spacial score (nSPS) is 14.8. The summed E-state index contributed by atoms with van der Waals surface area (Å²) in [6, 6.07) is 21.5. The quantitative estimate of drug-likeness (QED) is 0.364. The Morgan fingerprint density at radius 3 is 2.53 bits per heavy atom. The molecule has 0 saturated heterocycles. The third kappa shape index (κ3) is 3.63. The van der Waals surface area contributed by atoms with Gasteiger partial charge in [-0.25, -0.2) is 0 Å². The van der Waals surface area contributed by atoms with E-state index in [4.69, 9.17) is 13.9 Å². The Kier molecular flexibility index (Phi) is 5.64. The van der Waals surface area contributed by atoms with Crippen LogP contribution in [0.3, 0.4) is 0 Å². The van der Waals surface area contributed by atoms with E-state index in [0.717, 1.165) is 11.1 Å². The van der Waals surface area contributed by atoms with Crippen molar-refractivity contribution in [3.63, 3.8) is 0 Å². The molecule has 0 saturated carbocycles. The van der Waals surface area contributed by atoms with Gasteiger partial charge < -0.3 is 18.8 Å². The van der Waals surface area contributed by atoms with E-state index >= 15 is 0 Å². The first-order chi connectivity index (χ1) is 16.6. The van der Waals surface area contributed by atoms with Crippen LogP contribution < -0.4 is 14.9 Å². The average Bonchev–Trinajstić information content (AvgIpc) is 3.15. The maximum atomic E-state index is 13.6. The molecule has 0 N–H and O–H groups in total. The number of benzene rings is 3. The van der Waals surface area contributed by atoms with Crippen molar-refractivity contribution in [2.45, 2.75) is 12.6 Å². The van der Waals surface area contributed by atoms with Crippen molar-refractivity contribution in [3.05, 3.63) is 118 Å². The van der Waals surface area contributed by atoms with Crippen molar-refractivity contribution in [3.8, 4) is 11.5 Å². The number of carbonyl (C=O) groups is 1. The molecule has 1 aliphatic rings. The fourth-order valence-corrected chi connectivity index (χ4v) is 4.38. The van der Waals surface area contributed by atoms with Gasteiger partial charge in [-0.1, -0.05) is 61.2 Å². The Morgan fingerprint density at radius 1 is 1.00 bits per heavy atom. The maximum Gasteiger partial charge on any atom is 0.291 e. The third-order valence-corrected chi connectivity index (χ3v) is 5.93. The van der Waals surface area contributed by atoms with Crippen molar-refractivity contribution >= 4 is 16.9 Å². The lowest BCUT2D eigenvalue weighted by atomic mass is 9.97. The summed E-state index contributed by atoms with van der Waals surface area (Å²) >= 11 is 0. The fourth-order valence-electron chi connectivity index (χ4n) is 4.38. The van der Waals surface area contributed by atoms with Crippen LogP contribution in [-0.4, -0.2) is 24.5 Å². The predicted octanol–water partition coefficient (Wildman–Crippen LogP) is 5.11. The van der Waals surface area contributed by atoms with E-state index in [1.54, 1.807) is 54.5 Å². The molecule has 0 bridgehead atoms. The van der Waals surface area contributed by atoms with Crippen LogP contribution >= 0.6 is 0 Å². The van der Waals surface area contributed by atoms with Crippen LogP contribution in [0.5, 0.6) is 11.5 Å². The van der Waals surface area contributed by atoms with Gasteiger partial charge in [-0.3, -0.25) is 9.59 Å². The molecular weight excluding hydrogens is 430 g/mol. The minimum absolute atomic E-state index is 0.0792. The molecule has 1 aromatic heterocycles. The Labute approximate surface area is 196 Å². The summed E-state index contributed by atoms with van der Waals surface area (Å²) < 4.78 is 17.2. The van der Waals surface area contributed by atoms with Gasteiger partial charge in [-0.2, -0.15) is 0 Å². The maximum absolute atomic E-state index is 13.6. The van der Waals surface area contributed by atoms with E-state index in [0.29, 0.717) is 41.2 Å². The zero-order valence-corrected chi connectivity index (χ0v) is 18.7. The Balaban J connectivity index is 1.69. The van der Waals surface area contributed by atoms with Gasteiger partial charge in [-0.15, -0.1) is 0 Å². The summed E-state index contributed by atoms with van der Waals surface area (Å²) in [4.78, 5) is 28.8. The van der Waals surface area contributed by atoms with Gasteiger partial charge in [0, 0.05) is 6.54 Å². The summed E-state index contributed by atoms with van der Waals surface area (Å²) in [5.41, 5.74) is 2.20. The van der Waals surface area contributed by atoms with Crippen LogP contribution in [0.1, 0.15) is 33.3 Å². The Hall–Kier alpha value is -4.32. The predicted molar refractivity (Wildman–Crippen MR) is 129 cm³/mol. The molecule has 4 aromatic rings. The minimum Gasteiger partial charge on any atom is -0.493 e. The van der Waals surface area contributed by atoms with Gasteiger partial charge in [0.05, 0.1) is 24.1 Å². The standard InChI is InChI=1S/C28H23NO5/c1-3-15-33-22-14-13-19(16-23(22)32-2)25-24-26(30)20-11-7-8-12-21(20)34-27(24)28(31)29(25)17-18-9-5-4-6-10-18/h3-14,16,25H,1,15,17H2,2H3. The van der Waals surface area contributed by atoms with Crippen LogP contribution in [0.15, 0.2) is 94.7 Å². The molecule has 6 heteroatoms. The van der Waals surface area contributed by atoms with Gasteiger partial charge in [0.15, 0.2) is 16.9 Å². The van der Waals surface area contributed by atoms with Crippen LogP contribution in [0.25, 0.3) is 11.0 Å². The number of carbonyl (C=O) groups excluding carboxylic acids is 1. The Bertz CT molecular complexity index is 1440. The number of ether oxygens (including phenoxy) is 2. The van der Waals surface area contributed by atoms with E-state index in [2.05, 4.69) is 6.58 Å². The van der Waals surface area contributed by atoms with Crippen LogP contribution in [-0.2, 0) is 6.54 Å². The third-order valence-electron chi connectivity index (χ3n) is 5.93. The molecule has 0 aliphatic carbocycles. The number of hydrogen-bond acceptors (Lipinski definition) is 5. The Morgan fingerprint density at radius 2 is 1.76 bits per heavy atom. The van der Waals surface area contributed by atoms with E-state index < -0.39 is 6.04 Å². The second-order valence-corrected chi connectivity index (χ2v) is 8.00. The first-order valence-electron chi connectivity index (χ1n) is 10.9. The summed E-state index contributed by atoms with van der Waals surface area (Å²) in [7, 11) is 1.55. The van der Waals surface area contributed by atoms with Crippen molar-refractivity contribution in [1.29, 1.82) is 0 Å². The summed E-state index contributed by atoms with van der Waals surface area (Å²) in [5, 5.41) is 0.443. The minimum atomic E-state index is -0.633. The highest BCUT2D eigenvalue weighted by atomic mass is 16.5. The second-order valence-electron chi connectivity index (χ2n) is 8.00. The van der Waals surface area contributed by atoms with Gasteiger partial charge in [0.1, 0.15) is 12.2 Å². The van der Waals surface area contributed by atoms with E-state index in [9.17, 15) is 9.59 Å². The second kappa shape index (κ2) is 8.90. The van der Waals surface area contributed by atoms with E-state index in [1.807, 2.05) is 36.4 Å².